The zero-order valence-corrected chi connectivity index (χ0v) is 10.5. The normalized spacial score (nSPS) is 19.9. The molecule has 5 heteroatoms. The smallest absolute Gasteiger partial charge is 0.212 e. The van der Waals surface area contributed by atoms with Crippen LogP contribution < -0.4 is 10.0 Å². The molecule has 2 N–H and O–H groups in total. The fraction of sp³-hybridized carbons (Fsp3) is 1.00. The second kappa shape index (κ2) is 5.27. The monoisotopic (exact) mass is 234 g/mol. The number of nitrogens with one attached hydrogen (secondary N) is 2. The molecule has 0 saturated heterocycles. The molecule has 0 unspecified atom stereocenters. The van der Waals surface area contributed by atoms with Gasteiger partial charge in [-0.25, -0.2) is 13.1 Å². The minimum Gasteiger partial charge on any atom is -0.320 e. The summed E-state index contributed by atoms with van der Waals surface area (Å²) in [6.07, 6.45) is 4.71. The number of sulfonamides is 1. The highest BCUT2D eigenvalue weighted by atomic mass is 32.2. The van der Waals surface area contributed by atoms with E-state index >= 15 is 0 Å². The van der Waals surface area contributed by atoms with Crippen LogP contribution in [0.2, 0.25) is 0 Å². The van der Waals surface area contributed by atoms with Crippen molar-refractivity contribution >= 4 is 10.0 Å². The van der Waals surface area contributed by atoms with Gasteiger partial charge >= 0.3 is 0 Å². The van der Waals surface area contributed by atoms with E-state index in [1.165, 1.54) is 0 Å². The Bertz CT molecular complexity index is 278. The van der Waals surface area contributed by atoms with Crippen LogP contribution in [0.5, 0.6) is 0 Å². The standard InChI is InChI=1S/C10H22N2O2S/c1-3-10(6-4-7-10)12-15(13,14)9-5-8-11-2/h11-12H,3-9H2,1-2H3. The van der Waals surface area contributed by atoms with E-state index in [1.54, 1.807) is 0 Å². The van der Waals surface area contributed by atoms with E-state index in [-0.39, 0.29) is 11.3 Å². The van der Waals surface area contributed by atoms with Crippen molar-refractivity contribution in [1.29, 1.82) is 0 Å². The molecule has 1 aliphatic carbocycles. The zero-order valence-electron chi connectivity index (χ0n) is 9.67. The molecule has 1 saturated carbocycles. The highest BCUT2D eigenvalue weighted by Gasteiger charge is 2.38. The Balaban J connectivity index is 2.41. The first kappa shape index (κ1) is 12.9. The average molecular weight is 234 g/mol. The molecular formula is C10H22N2O2S. The van der Waals surface area contributed by atoms with E-state index in [2.05, 4.69) is 17.0 Å². The fourth-order valence-electron chi connectivity index (χ4n) is 1.95. The summed E-state index contributed by atoms with van der Waals surface area (Å²) < 4.78 is 26.3. The number of hydrogen-bond acceptors (Lipinski definition) is 3. The van der Waals surface area contributed by atoms with Crippen molar-refractivity contribution in [2.75, 3.05) is 19.3 Å². The van der Waals surface area contributed by atoms with Crippen molar-refractivity contribution in [2.24, 2.45) is 0 Å². The molecule has 0 heterocycles. The lowest BCUT2D eigenvalue weighted by atomic mass is 9.76. The van der Waals surface area contributed by atoms with Crippen molar-refractivity contribution in [3.63, 3.8) is 0 Å². The molecule has 15 heavy (non-hydrogen) atoms. The molecule has 1 rings (SSSR count). The summed E-state index contributed by atoms with van der Waals surface area (Å²) in [5.41, 5.74) is -0.113. The van der Waals surface area contributed by atoms with Gasteiger partial charge in [-0.05, 0) is 45.7 Å². The third-order valence-corrected chi connectivity index (χ3v) is 4.77. The van der Waals surface area contributed by atoms with Crippen LogP contribution in [0.25, 0.3) is 0 Å². The van der Waals surface area contributed by atoms with Gasteiger partial charge in [0.05, 0.1) is 5.75 Å². The van der Waals surface area contributed by atoms with E-state index in [9.17, 15) is 8.42 Å². The first-order chi connectivity index (χ1) is 7.04. The van der Waals surface area contributed by atoms with Gasteiger partial charge in [0.1, 0.15) is 0 Å². The lowest BCUT2D eigenvalue weighted by molar-refractivity contribution is 0.214. The highest BCUT2D eigenvalue weighted by molar-refractivity contribution is 7.89. The summed E-state index contributed by atoms with van der Waals surface area (Å²) in [7, 11) is -1.24. The van der Waals surface area contributed by atoms with Crippen LogP contribution in [0.1, 0.15) is 39.0 Å². The van der Waals surface area contributed by atoms with Crippen LogP contribution in [0, 0.1) is 0 Å². The molecule has 0 aromatic heterocycles. The zero-order chi connectivity index (χ0) is 11.4. The van der Waals surface area contributed by atoms with Crippen molar-refractivity contribution < 1.29 is 8.42 Å². The van der Waals surface area contributed by atoms with E-state index in [0.717, 1.165) is 32.2 Å². The predicted molar refractivity (Wildman–Crippen MR) is 62.3 cm³/mol. The SMILES string of the molecule is CCC1(NS(=O)(=O)CCCNC)CCC1. The minimum absolute atomic E-state index is 0.113. The van der Waals surface area contributed by atoms with E-state index in [4.69, 9.17) is 0 Å². The molecule has 0 aromatic rings. The fourth-order valence-corrected chi connectivity index (χ4v) is 3.59. The van der Waals surface area contributed by atoms with Gasteiger partial charge in [0, 0.05) is 5.54 Å². The van der Waals surface area contributed by atoms with Gasteiger partial charge < -0.3 is 5.32 Å². The molecule has 90 valence electrons. The van der Waals surface area contributed by atoms with E-state index < -0.39 is 10.0 Å². The van der Waals surface area contributed by atoms with E-state index in [1.807, 2.05) is 7.05 Å². The largest absolute Gasteiger partial charge is 0.320 e. The number of rotatable bonds is 7. The summed E-state index contributed by atoms with van der Waals surface area (Å²) in [6, 6.07) is 0. The molecule has 0 bridgehead atoms. The third kappa shape index (κ3) is 3.74. The first-order valence-electron chi connectivity index (χ1n) is 5.70. The topological polar surface area (TPSA) is 58.2 Å². The quantitative estimate of drug-likeness (QED) is 0.642. The van der Waals surface area contributed by atoms with Gasteiger partial charge in [-0.1, -0.05) is 6.92 Å². The summed E-state index contributed by atoms with van der Waals surface area (Å²) in [6.45, 7) is 2.80. The van der Waals surface area contributed by atoms with Crippen LogP contribution in [0.3, 0.4) is 0 Å². The van der Waals surface area contributed by atoms with Gasteiger partial charge in [0.25, 0.3) is 0 Å². The molecule has 1 fully saturated rings. The molecule has 0 aromatic carbocycles. The molecule has 4 nitrogen and oxygen atoms in total. The first-order valence-corrected chi connectivity index (χ1v) is 7.35. The van der Waals surface area contributed by atoms with Gasteiger partial charge in [0.2, 0.25) is 10.0 Å². The molecular weight excluding hydrogens is 212 g/mol. The Morgan fingerprint density at radius 3 is 2.40 bits per heavy atom. The lowest BCUT2D eigenvalue weighted by Crippen LogP contribution is -2.53. The van der Waals surface area contributed by atoms with Crippen LogP contribution in [-0.2, 0) is 10.0 Å². The van der Waals surface area contributed by atoms with Crippen molar-refractivity contribution in [3.05, 3.63) is 0 Å². The van der Waals surface area contributed by atoms with Crippen molar-refractivity contribution in [3.8, 4) is 0 Å². The second-order valence-corrected chi connectivity index (χ2v) is 6.21. The summed E-state index contributed by atoms with van der Waals surface area (Å²) in [4.78, 5) is 0. The van der Waals surface area contributed by atoms with Crippen LogP contribution in [-0.4, -0.2) is 33.3 Å². The van der Waals surface area contributed by atoms with Crippen molar-refractivity contribution in [1.82, 2.24) is 10.0 Å². The summed E-state index contributed by atoms with van der Waals surface area (Å²) >= 11 is 0. The van der Waals surface area contributed by atoms with Gasteiger partial charge in [-0.2, -0.15) is 0 Å². The van der Waals surface area contributed by atoms with Crippen LogP contribution in [0.4, 0.5) is 0 Å². The Kier molecular flexibility index (Phi) is 4.55. The van der Waals surface area contributed by atoms with Gasteiger partial charge in [0.15, 0.2) is 0 Å². The van der Waals surface area contributed by atoms with Crippen LogP contribution in [0.15, 0.2) is 0 Å². The van der Waals surface area contributed by atoms with E-state index in [0.29, 0.717) is 6.42 Å². The molecule has 0 radical (unpaired) electrons. The Morgan fingerprint density at radius 1 is 1.33 bits per heavy atom. The number of hydrogen-bond donors (Lipinski definition) is 2. The maximum atomic E-state index is 11.7. The van der Waals surface area contributed by atoms with Crippen LogP contribution >= 0.6 is 0 Å². The third-order valence-electron chi connectivity index (χ3n) is 3.20. The summed E-state index contributed by atoms with van der Waals surface area (Å²) in [5.74, 6) is 0.232. The Morgan fingerprint density at radius 2 is 2.00 bits per heavy atom. The lowest BCUT2D eigenvalue weighted by Gasteiger charge is -2.41. The minimum atomic E-state index is -3.07. The molecule has 0 aliphatic heterocycles. The van der Waals surface area contributed by atoms with Crippen molar-refractivity contribution in [2.45, 2.75) is 44.6 Å². The molecule has 0 spiro atoms. The Hall–Kier alpha value is -0.130. The molecule has 1 aliphatic rings. The average Bonchev–Trinajstić information content (AvgIpc) is 2.12. The second-order valence-electron chi connectivity index (χ2n) is 4.37. The predicted octanol–water partition coefficient (Wildman–Crippen LogP) is 0.848. The maximum absolute atomic E-state index is 11.7. The highest BCUT2D eigenvalue weighted by Crippen LogP contribution is 2.35. The Labute approximate surface area is 92.9 Å². The molecule has 0 amide bonds. The summed E-state index contributed by atoms with van der Waals surface area (Å²) in [5, 5.41) is 2.95. The molecule has 0 atom stereocenters. The maximum Gasteiger partial charge on any atom is 0.212 e. The van der Waals surface area contributed by atoms with Gasteiger partial charge in [-0.15, -0.1) is 0 Å². The van der Waals surface area contributed by atoms with Gasteiger partial charge in [-0.3, -0.25) is 0 Å².